The van der Waals surface area contributed by atoms with E-state index in [9.17, 15) is 9.59 Å². The van der Waals surface area contributed by atoms with Crippen molar-refractivity contribution in [2.45, 2.75) is 33.1 Å². The van der Waals surface area contributed by atoms with Crippen LogP contribution in [0.5, 0.6) is 0 Å². The third-order valence-corrected chi connectivity index (χ3v) is 0.897. The summed E-state index contributed by atoms with van der Waals surface area (Å²) in [6.07, 6.45) is 1.83. The Kier molecular flexibility index (Phi) is 11.1. The summed E-state index contributed by atoms with van der Waals surface area (Å²) in [5.74, 6) is -2.50. The van der Waals surface area contributed by atoms with Crippen LogP contribution in [0.1, 0.15) is 33.1 Å². The minimum atomic E-state index is -1.33. The van der Waals surface area contributed by atoms with Crippen molar-refractivity contribution < 1.29 is 24.8 Å². The number of hydrogen-bond acceptors (Lipinski definition) is 4. The molecule has 0 saturated heterocycles. The minimum Gasteiger partial charge on any atom is -0.481 e. The van der Waals surface area contributed by atoms with Gasteiger partial charge in [-0.3, -0.25) is 4.79 Å². The summed E-state index contributed by atoms with van der Waals surface area (Å²) in [6.45, 7) is 4.36. The molecule has 5 nitrogen and oxygen atoms in total. The molecule has 0 aliphatic rings. The topological polar surface area (TPSA) is 83.8 Å². The molecule has 5 heteroatoms. The first kappa shape index (κ1) is 13.5. The zero-order chi connectivity index (χ0) is 9.98. The number of carboxylic acid groups (broad SMARTS) is 1. The molecule has 0 rings (SSSR count). The van der Waals surface area contributed by atoms with E-state index in [2.05, 4.69) is 18.7 Å². The van der Waals surface area contributed by atoms with Crippen LogP contribution in [0.3, 0.4) is 0 Å². The zero-order valence-electron chi connectivity index (χ0n) is 7.24. The Balaban J connectivity index is 0. The van der Waals surface area contributed by atoms with Gasteiger partial charge in [-0.15, -0.1) is 0 Å². The Morgan fingerprint density at radius 1 is 1.25 bits per heavy atom. The number of carbonyl (C=O) groups excluding carboxylic acids is 1. The lowest BCUT2D eigenvalue weighted by Gasteiger charge is -1.87. The van der Waals surface area contributed by atoms with E-state index < -0.39 is 18.4 Å². The first-order chi connectivity index (χ1) is 5.58. The molecule has 0 spiro atoms. The van der Waals surface area contributed by atoms with Crippen LogP contribution in [-0.4, -0.2) is 22.3 Å². The summed E-state index contributed by atoms with van der Waals surface area (Å²) >= 11 is 0. The molecule has 0 saturated carbocycles. The van der Waals surface area contributed by atoms with Crippen molar-refractivity contribution in [2.75, 3.05) is 0 Å². The molecular formula is C7H14O5. The van der Waals surface area contributed by atoms with Crippen LogP contribution in [0, 0.1) is 0 Å². The fraction of sp³-hybridized carbons (Fsp3) is 0.714. The van der Waals surface area contributed by atoms with E-state index in [1.54, 1.807) is 0 Å². The maximum Gasteiger partial charge on any atom is 0.353 e. The monoisotopic (exact) mass is 178 g/mol. The van der Waals surface area contributed by atoms with Crippen molar-refractivity contribution in [1.82, 2.24) is 0 Å². The summed E-state index contributed by atoms with van der Waals surface area (Å²) in [4.78, 5) is 22.4. The Morgan fingerprint density at radius 3 is 1.75 bits per heavy atom. The van der Waals surface area contributed by atoms with E-state index in [1.807, 2.05) is 0 Å². The highest BCUT2D eigenvalue weighted by atomic mass is 17.1. The molecule has 0 bridgehead atoms. The summed E-state index contributed by atoms with van der Waals surface area (Å²) in [5, 5.41) is 15.3. The summed E-state index contributed by atoms with van der Waals surface area (Å²) in [7, 11) is 0. The molecule has 0 aliphatic carbocycles. The highest BCUT2D eigenvalue weighted by Gasteiger charge is 2.06. The largest absolute Gasteiger partial charge is 0.481 e. The van der Waals surface area contributed by atoms with Crippen molar-refractivity contribution in [2.24, 2.45) is 0 Å². The van der Waals surface area contributed by atoms with Gasteiger partial charge >= 0.3 is 11.9 Å². The van der Waals surface area contributed by atoms with Gasteiger partial charge in [-0.2, -0.15) is 5.26 Å². The molecule has 72 valence electrons. The lowest BCUT2D eigenvalue weighted by Crippen LogP contribution is -2.07. The molecular weight excluding hydrogens is 164 g/mol. The molecule has 0 fully saturated rings. The van der Waals surface area contributed by atoms with Crippen molar-refractivity contribution in [1.29, 1.82) is 0 Å². The maximum absolute atomic E-state index is 9.77. The minimum absolute atomic E-state index is 0.809. The first-order valence-corrected chi connectivity index (χ1v) is 3.64. The van der Waals surface area contributed by atoms with Crippen molar-refractivity contribution >= 4 is 11.9 Å². The molecule has 2 N–H and O–H groups in total. The molecule has 12 heavy (non-hydrogen) atoms. The zero-order valence-corrected chi connectivity index (χ0v) is 7.24. The molecule has 0 atom stereocenters. The average molecular weight is 178 g/mol. The van der Waals surface area contributed by atoms with E-state index in [0.717, 1.165) is 0 Å². The second-order valence-electron chi connectivity index (χ2n) is 2.03. The molecule has 0 amide bonds. The third-order valence-electron chi connectivity index (χ3n) is 0.897. The van der Waals surface area contributed by atoms with Gasteiger partial charge in [0.05, 0.1) is 0 Å². The fourth-order valence-electron chi connectivity index (χ4n) is 0.156. The Hall–Kier alpha value is -1.10. The standard InChI is InChI=1S/C4H10.C3H4O5/c1-3-4-2;4-2(5)1-3(6)8-7/h3-4H2,1-2H3;7H,1H2,(H,4,5). The highest BCUT2D eigenvalue weighted by molar-refractivity contribution is 5.89. The van der Waals surface area contributed by atoms with E-state index >= 15 is 0 Å². The van der Waals surface area contributed by atoms with Gasteiger partial charge in [-0.05, 0) is 0 Å². The molecule has 0 radical (unpaired) electrons. The normalized spacial score (nSPS) is 7.92. The second-order valence-corrected chi connectivity index (χ2v) is 2.03. The van der Waals surface area contributed by atoms with Gasteiger partial charge in [0.2, 0.25) is 0 Å². The average Bonchev–Trinajstić information content (AvgIpc) is 2.04. The molecule has 0 unspecified atom stereocenters. The van der Waals surface area contributed by atoms with Gasteiger partial charge in [0, 0.05) is 0 Å². The van der Waals surface area contributed by atoms with Crippen LogP contribution in [0.25, 0.3) is 0 Å². The molecule has 0 aliphatic heterocycles. The van der Waals surface area contributed by atoms with E-state index in [0.29, 0.717) is 0 Å². The van der Waals surface area contributed by atoms with Crippen LogP contribution >= 0.6 is 0 Å². The number of aliphatic carboxylic acids is 1. The number of hydrogen-bond donors (Lipinski definition) is 2. The molecule has 0 aromatic rings. The second kappa shape index (κ2) is 9.90. The maximum atomic E-state index is 9.77. The van der Waals surface area contributed by atoms with Gasteiger partial charge < -0.3 is 9.99 Å². The van der Waals surface area contributed by atoms with Crippen molar-refractivity contribution in [3.63, 3.8) is 0 Å². The molecule has 0 heterocycles. The van der Waals surface area contributed by atoms with E-state index in [1.165, 1.54) is 12.8 Å². The van der Waals surface area contributed by atoms with Crippen LogP contribution < -0.4 is 0 Å². The summed E-state index contributed by atoms with van der Waals surface area (Å²) < 4.78 is 0. The Bertz CT molecular complexity index is 130. The van der Waals surface area contributed by atoms with Crippen LogP contribution in [0.2, 0.25) is 0 Å². The predicted molar refractivity (Wildman–Crippen MR) is 41.6 cm³/mol. The fourth-order valence-corrected chi connectivity index (χ4v) is 0.156. The lowest BCUT2D eigenvalue weighted by atomic mass is 10.4. The van der Waals surface area contributed by atoms with Crippen molar-refractivity contribution in [3.8, 4) is 0 Å². The Labute approximate surface area is 70.9 Å². The number of unbranched alkanes of at least 4 members (excludes halogenated alkanes) is 1. The van der Waals surface area contributed by atoms with Crippen molar-refractivity contribution in [3.05, 3.63) is 0 Å². The highest BCUT2D eigenvalue weighted by Crippen LogP contribution is 1.80. The van der Waals surface area contributed by atoms with Crippen LogP contribution in [-0.2, 0) is 14.5 Å². The van der Waals surface area contributed by atoms with Gasteiger partial charge in [-0.1, -0.05) is 26.7 Å². The molecule has 0 aromatic heterocycles. The number of carboxylic acids is 1. The third kappa shape index (κ3) is 16.0. The first-order valence-electron chi connectivity index (χ1n) is 3.64. The lowest BCUT2D eigenvalue weighted by molar-refractivity contribution is -0.234. The summed E-state index contributed by atoms with van der Waals surface area (Å²) in [5.41, 5.74) is 0. The van der Waals surface area contributed by atoms with Gasteiger partial charge in [0.25, 0.3) is 0 Å². The summed E-state index contributed by atoms with van der Waals surface area (Å²) in [6, 6.07) is 0. The van der Waals surface area contributed by atoms with Gasteiger partial charge in [0.1, 0.15) is 6.42 Å². The molecule has 0 aromatic carbocycles. The quantitative estimate of drug-likeness (QED) is 0.386. The van der Waals surface area contributed by atoms with Crippen LogP contribution in [0.4, 0.5) is 0 Å². The number of carbonyl (C=O) groups is 2. The number of rotatable bonds is 3. The SMILES string of the molecule is CCCC.O=C(O)CC(=O)OO. The van der Waals surface area contributed by atoms with E-state index in [4.69, 9.17) is 10.4 Å². The smallest absolute Gasteiger partial charge is 0.353 e. The Morgan fingerprint density at radius 2 is 1.67 bits per heavy atom. The van der Waals surface area contributed by atoms with E-state index in [-0.39, 0.29) is 0 Å². The van der Waals surface area contributed by atoms with Gasteiger partial charge in [-0.25, -0.2) is 4.79 Å². The predicted octanol–water partition coefficient (Wildman–Crippen LogP) is 1.28. The van der Waals surface area contributed by atoms with Crippen LogP contribution in [0.15, 0.2) is 0 Å². The van der Waals surface area contributed by atoms with Gasteiger partial charge in [0.15, 0.2) is 0 Å².